The van der Waals surface area contributed by atoms with E-state index in [-0.39, 0.29) is 12.0 Å². The molecule has 0 saturated carbocycles. The number of nitrogens with zero attached hydrogens (tertiary/aromatic N) is 3. The molecule has 3 N–H and O–H groups in total. The molecule has 1 saturated heterocycles. The van der Waals surface area contributed by atoms with Crippen molar-refractivity contribution in [1.82, 2.24) is 20.0 Å². The standard InChI is InChI=1S/C21H26ClN5O3/c1-12(22)7-15-13(8-23)5-6-14-16(15)25-27-11-21(24-18(28)17(14)27)9-26(10-21)19(29)30-20(2,3)4/h7-8H,1,5-6,9-11,23H2,2-4H3,(H,24,28)/b13-8-,15-7?. The van der Waals surface area contributed by atoms with Crippen LogP contribution in [0.3, 0.4) is 0 Å². The maximum absolute atomic E-state index is 13.0. The molecular formula is C21H26ClN5O3. The van der Waals surface area contributed by atoms with Crippen LogP contribution in [-0.4, -0.2) is 50.9 Å². The molecule has 1 aliphatic carbocycles. The van der Waals surface area contributed by atoms with E-state index in [1.807, 2.05) is 20.8 Å². The summed E-state index contributed by atoms with van der Waals surface area (Å²) in [5.41, 5.74) is 8.59. The number of nitrogens with one attached hydrogen (secondary N) is 1. The lowest BCUT2D eigenvalue weighted by molar-refractivity contribution is -0.0231. The van der Waals surface area contributed by atoms with Crippen molar-refractivity contribution < 1.29 is 14.3 Å². The van der Waals surface area contributed by atoms with Crippen LogP contribution in [0.25, 0.3) is 5.57 Å². The summed E-state index contributed by atoms with van der Waals surface area (Å²) < 4.78 is 7.17. The minimum absolute atomic E-state index is 0.178. The number of nitrogens with two attached hydrogens (primary N) is 1. The Morgan fingerprint density at radius 3 is 2.63 bits per heavy atom. The highest BCUT2D eigenvalue weighted by atomic mass is 35.5. The third-order valence-electron chi connectivity index (χ3n) is 5.48. The van der Waals surface area contributed by atoms with Crippen LogP contribution >= 0.6 is 11.6 Å². The molecule has 1 fully saturated rings. The number of halogens is 1. The number of fused-ring (bicyclic) bond motifs is 3. The zero-order valence-electron chi connectivity index (χ0n) is 17.4. The van der Waals surface area contributed by atoms with Gasteiger partial charge in [-0.05, 0) is 51.5 Å². The summed E-state index contributed by atoms with van der Waals surface area (Å²) in [6.07, 6.45) is 4.28. The van der Waals surface area contributed by atoms with Crippen LogP contribution in [0, 0.1) is 0 Å². The van der Waals surface area contributed by atoms with Crippen molar-refractivity contribution in [3.63, 3.8) is 0 Å². The van der Waals surface area contributed by atoms with Gasteiger partial charge in [0.25, 0.3) is 5.91 Å². The molecular weight excluding hydrogens is 406 g/mol. The Balaban J connectivity index is 1.61. The van der Waals surface area contributed by atoms with Gasteiger partial charge in [-0.1, -0.05) is 18.2 Å². The van der Waals surface area contributed by atoms with Gasteiger partial charge in [0.05, 0.1) is 30.9 Å². The van der Waals surface area contributed by atoms with Gasteiger partial charge in [0, 0.05) is 16.2 Å². The largest absolute Gasteiger partial charge is 0.444 e. The molecule has 30 heavy (non-hydrogen) atoms. The van der Waals surface area contributed by atoms with Gasteiger partial charge in [0.2, 0.25) is 0 Å². The summed E-state index contributed by atoms with van der Waals surface area (Å²) in [6.45, 7) is 10.5. The van der Waals surface area contributed by atoms with Crippen LogP contribution in [0.2, 0.25) is 0 Å². The van der Waals surface area contributed by atoms with Crippen LogP contribution in [0.1, 0.15) is 48.9 Å². The number of hydrogen-bond acceptors (Lipinski definition) is 5. The Hall–Kier alpha value is -2.74. The minimum atomic E-state index is -0.562. The van der Waals surface area contributed by atoms with Crippen LogP contribution in [0.5, 0.6) is 0 Å². The molecule has 8 nitrogen and oxygen atoms in total. The Labute approximate surface area is 180 Å². The first kappa shape index (κ1) is 20.5. The summed E-state index contributed by atoms with van der Waals surface area (Å²) in [5, 5.41) is 8.21. The maximum Gasteiger partial charge on any atom is 0.410 e. The molecule has 0 unspecified atom stereocenters. The number of amides is 2. The van der Waals surface area contributed by atoms with E-state index in [9.17, 15) is 9.59 Å². The van der Waals surface area contributed by atoms with Gasteiger partial charge in [-0.3, -0.25) is 9.48 Å². The number of ether oxygens (including phenoxy) is 1. The van der Waals surface area contributed by atoms with Gasteiger partial charge in [0.1, 0.15) is 11.3 Å². The fourth-order valence-corrected chi connectivity index (χ4v) is 4.41. The number of carbonyl (C=O) groups excluding carboxylic acids is 2. The van der Waals surface area contributed by atoms with Gasteiger partial charge < -0.3 is 20.7 Å². The van der Waals surface area contributed by atoms with Crippen molar-refractivity contribution in [1.29, 1.82) is 0 Å². The van der Waals surface area contributed by atoms with Crippen molar-refractivity contribution in [3.05, 3.63) is 46.4 Å². The van der Waals surface area contributed by atoms with Crippen LogP contribution in [0.4, 0.5) is 4.79 Å². The van der Waals surface area contributed by atoms with E-state index in [1.165, 1.54) is 0 Å². The highest BCUT2D eigenvalue weighted by Crippen LogP contribution is 2.39. The maximum atomic E-state index is 13.0. The average molecular weight is 432 g/mol. The Bertz CT molecular complexity index is 1010. The molecule has 0 atom stereocenters. The Kier molecular flexibility index (Phi) is 4.73. The smallest absolute Gasteiger partial charge is 0.410 e. The summed E-state index contributed by atoms with van der Waals surface area (Å²) in [7, 11) is 0. The van der Waals surface area contributed by atoms with E-state index >= 15 is 0 Å². The lowest BCUT2D eigenvalue weighted by Gasteiger charge is -2.51. The molecule has 0 bridgehead atoms. The number of rotatable bonds is 1. The van der Waals surface area contributed by atoms with Crippen molar-refractivity contribution in [2.45, 2.75) is 51.3 Å². The van der Waals surface area contributed by atoms with E-state index in [1.54, 1.807) is 21.9 Å². The second-order valence-electron chi connectivity index (χ2n) is 9.10. The third-order valence-corrected chi connectivity index (χ3v) is 5.59. The summed E-state index contributed by atoms with van der Waals surface area (Å²) in [4.78, 5) is 26.9. The van der Waals surface area contributed by atoms with Gasteiger partial charge in [0.15, 0.2) is 0 Å². The van der Waals surface area contributed by atoms with Crippen molar-refractivity contribution >= 4 is 29.2 Å². The molecule has 0 aromatic carbocycles. The van der Waals surface area contributed by atoms with Crippen LogP contribution in [0.15, 0.2) is 29.5 Å². The molecule has 4 rings (SSSR count). The second-order valence-corrected chi connectivity index (χ2v) is 9.59. The zero-order chi connectivity index (χ0) is 21.8. The van der Waals surface area contributed by atoms with Crippen molar-refractivity contribution in [2.75, 3.05) is 13.1 Å². The summed E-state index contributed by atoms with van der Waals surface area (Å²) in [6, 6.07) is 0. The summed E-state index contributed by atoms with van der Waals surface area (Å²) in [5.74, 6) is -0.178. The topological polar surface area (TPSA) is 102 Å². The molecule has 0 radical (unpaired) electrons. The molecule has 3 heterocycles. The van der Waals surface area contributed by atoms with E-state index in [0.717, 1.165) is 16.7 Å². The molecule has 2 aliphatic heterocycles. The number of carbonyl (C=O) groups is 2. The predicted octanol–water partition coefficient (Wildman–Crippen LogP) is 2.54. The molecule has 3 aliphatic rings. The lowest BCUT2D eigenvalue weighted by Crippen LogP contribution is -2.75. The minimum Gasteiger partial charge on any atom is -0.444 e. The average Bonchev–Trinajstić information content (AvgIpc) is 2.97. The fraction of sp³-hybridized carbons (Fsp3) is 0.476. The van der Waals surface area contributed by atoms with Crippen molar-refractivity contribution in [2.24, 2.45) is 5.73 Å². The molecule has 160 valence electrons. The molecule has 2 amide bonds. The predicted molar refractivity (Wildman–Crippen MR) is 114 cm³/mol. The number of allylic oxidation sites excluding steroid dienone is 4. The van der Waals surface area contributed by atoms with Gasteiger partial charge >= 0.3 is 6.09 Å². The number of likely N-dealkylation sites (tertiary alicyclic amines) is 1. The van der Waals surface area contributed by atoms with Crippen LogP contribution < -0.4 is 11.1 Å². The highest BCUT2D eigenvalue weighted by molar-refractivity contribution is 6.31. The van der Waals surface area contributed by atoms with E-state index in [0.29, 0.717) is 48.9 Å². The SMILES string of the molecule is C=C(Cl)C=C1/C(=C\N)CCc2c1nn1c2C(=O)NC2(CN(C(=O)OC(C)(C)C)C2)C1. The lowest BCUT2D eigenvalue weighted by atomic mass is 9.85. The Morgan fingerprint density at radius 1 is 1.33 bits per heavy atom. The first-order chi connectivity index (χ1) is 14.0. The first-order valence-electron chi connectivity index (χ1n) is 9.90. The van der Waals surface area contributed by atoms with Gasteiger partial charge in [-0.15, -0.1) is 0 Å². The monoisotopic (exact) mass is 431 g/mol. The molecule has 1 aromatic heterocycles. The normalized spacial score (nSPS) is 22.4. The zero-order valence-corrected chi connectivity index (χ0v) is 18.2. The van der Waals surface area contributed by atoms with Crippen LogP contribution in [-0.2, 0) is 17.7 Å². The van der Waals surface area contributed by atoms with E-state index in [2.05, 4.69) is 11.9 Å². The second kappa shape index (κ2) is 6.91. The third kappa shape index (κ3) is 3.49. The van der Waals surface area contributed by atoms with E-state index in [4.69, 9.17) is 27.2 Å². The highest BCUT2D eigenvalue weighted by Gasteiger charge is 2.51. The molecule has 1 aromatic rings. The van der Waals surface area contributed by atoms with E-state index < -0.39 is 11.1 Å². The Morgan fingerprint density at radius 2 is 2.03 bits per heavy atom. The van der Waals surface area contributed by atoms with Gasteiger partial charge in [-0.2, -0.15) is 5.10 Å². The quantitative estimate of drug-likeness (QED) is 0.711. The van der Waals surface area contributed by atoms with Gasteiger partial charge in [-0.25, -0.2) is 4.79 Å². The fourth-order valence-electron chi connectivity index (χ4n) is 4.30. The first-order valence-corrected chi connectivity index (χ1v) is 10.3. The number of hydrogen-bond donors (Lipinski definition) is 2. The summed E-state index contributed by atoms with van der Waals surface area (Å²) >= 11 is 6.02. The molecule has 1 spiro atoms. The van der Waals surface area contributed by atoms with Crippen molar-refractivity contribution in [3.8, 4) is 0 Å². The molecule has 9 heteroatoms. The number of aromatic nitrogens is 2.